The van der Waals surface area contributed by atoms with Gasteiger partial charge in [-0.2, -0.15) is 0 Å². The minimum Gasteiger partial charge on any atom is -0.351 e. The van der Waals surface area contributed by atoms with Gasteiger partial charge in [-0.3, -0.25) is 4.79 Å². The zero-order valence-electron chi connectivity index (χ0n) is 9.00. The van der Waals surface area contributed by atoms with E-state index in [9.17, 15) is 9.18 Å². The molecule has 1 aliphatic rings. The summed E-state index contributed by atoms with van der Waals surface area (Å²) in [6.45, 7) is 1.28. The van der Waals surface area contributed by atoms with Crippen LogP contribution in [0.2, 0.25) is 0 Å². The number of halogens is 1. The zero-order chi connectivity index (χ0) is 11.4. The summed E-state index contributed by atoms with van der Waals surface area (Å²) in [6, 6.07) is 6.19. The largest absolute Gasteiger partial charge is 0.351 e. The van der Waals surface area contributed by atoms with Gasteiger partial charge in [0.15, 0.2) is 0 Å². The SMILES string of the molecule is O=C(NCc1cccc(F)c1)C1CCCN1. The summed E-state index contributed by atoms with van der Waals surface area (Å²) in [4.78, 5) is 11.6. The lowest BCUT2D eigenvalue weighted by Gasteiger charge is -2.10. The molecule has 0 bridgehead atoms. The Kier molecular flexibility index (Phi) is 3.51. The van der Waals surface area contributed by atoms with Crippen molar-refractivity contribution in [2.45, 2.75) is 25.4 Å². The van der Waals surface area contributed by atoms with Gasteiger partial charge < -0.3 is 10.6 Å². The molecule has 0 saturated carbocycles. The maximum absolute atomic E-state index is 12.9. The van der Waals surface area contributed by atoms with Gasteiger partial charge in [0, 0.05) is 6.54 Å². The number of nitrogens with one attached hydrogen (secondary N) is 2. The molecule has 16 heavy (non-hydrogen) atoms. The second-order valence-corrected chi connectivity index (χ2v) is 4.00. The van der Waals surface area contributed by atoms with Crippen molar-refractivity contribution in [3.63, 3.8) is 0 Å². The van der Waals surface area contributed by atoms with Crippen molar-refractivity contribution in [2.24, 2.45) is 0 Å². The first-order valence-corrected chi connectivity index (χ1v) is 5.51. The lowest BCUT2D eigenvalue weighted by Crippen LogP contribution is -2.39. The molecule has 0 aromatic heterocycles. The van der Waals surface area contributed by atoms with E-state index in [1.165, 1.54) is 12.1 Å². The Morgan fingerprint density at radius 2 is 2.44 bits per heavy atom. The Morgan fingerprint density at radius 3 is 3.12 bits per heavy atom. The van der Waals surface area contributed by atoms with E-state index in [4.69, 9.17) is 0 Å². The molecule has 2 N–H and O–H groups in total. The van der Waals surface area contributed by atoms with E-state index in [0.29, 0.717) is 6.54 Å². The van der Waals surface area contributed by atoms with Crippen molar-refractivity contribution in [1.29, 1.82) is 0 Å². The van der Waals surface area contributed by atoms with Gasteiger partial charge >= 0.3 is 0 Å². The van der Waals surface area contributed by atoms with Crippen LogP contribution in [0.15, 0.2) is 24.3 Å². The van der Waals surface area contributed by atoms with Crippen molar-refractivity contribution in [1.82, 2.24) is 10.6 Å². The summed E-state index contributed by atoms with van der Waals surface area (Å²) >= 11 is 0. The van der Waals surface area contributed by atoms with E-state index < -0.39 is 0 Å². The van der Waals surface area contributed by atoms with Gasteiger partial charge in [0.2, 0.25) is 5.91 Å². The number of amides is 1. The van der Waals surface area contributed by atoms with Crippen molar-refractivity contribution in [3.05, 3.63) is 35.6 Å². The van der Waals surface area contributed by atoms with Crippen LogP contribution in [0.1, 0.15) is 18.4 Å². The first kappa shape index (κ1) is 11.1. The highest BCUT2D eigenvalue weighted by Crippen LogP contribution is 2.06. The number of carbonyl (C=O) groups excluding carboxylic acids is 1. The lowest BCUT2D eigenvalue weighted by atomic mass is 10.2. The fourth-order valence-electron chi connectivity index (χ4n) is 1.87. The molecule has 2 rings (SSSR count). The number of hydrogen-bond acceptors (Lipinski definition) is 2. The summed E-state index contributed by atoms with van der Waals surface area (Å²) in [5, 5.41) is 5.92. The molecule has 1 saturated heterocycles. The Balaban J connectivity index is 1.84. The van der Waals surface area contributed by atoms with Gasteiger partial charge in [-0.1, -0.05) is 12.1 Å². The fourth-order valence-corrected chi connectivity index (χ4v) is 1.87. The zero-order valence-corrected chi connectivity index (χ0v) is 9.00. The van der Waals surface area contributed by atoms with Gasteiger partial charge in [0.1, 0.15) is 5.82 Å². The quantitative estimate of drug-likeness (QED) is 0.806. The standard InChI is InChI=1S/C12H15FN2O/c13-10-4-1-3-9(7-10)8-15-12(16)11-5-2-6-14-11/h1,3-4,7,11,14H,2,5-6,8H2,(H,15,16). The molecule has 1 aliphatic heterocycles. The van der Waals surface area contributed by atoms with Crippen molar-refractivity contribution >= 4 is 5.91 Å². The van der Waals surface area contributed by atoms with Gasteiger partial charge in [0.25, 0.3) is 0 Å². The Bertz CT molecular complexity index is 375. The van der Waals surface area contributed by atoms with Crippen LogP contribution in [-0.4, -0.2) is 18.5 Å². The van der Waals surface area contributed by atoms with E-state index in [0.717, 1.165) is 24.9 Å². The monoisotopic (exact) mass is 222 g/mol. The van der Waals surface area contributed by atoms with Crippen LogP contribution in [0.3, 0.4) is 0 Å². The van der Waals surface area contributed by atoms with E-state index in [2.05, 4.69) is 10.6 Å². The second kappa shape index (κ2) is 5.07. The molecule has 86 valence electrons. The van der Waals surface area contributed by atoms with Gasteiger partial charge in [0.05, 0.1) is 6.04 Å². The molecular weight excluding hydrogens is 207 g/mol. The molecule has 1 heterocycles. The summed E-state index contributed by atoms with van der Waals surface area (Å²) in [7, 11) is 0. The Hall–Kier alpha value is -1.42. The Labute approximate surface area is 94.0 Å². The van der Waals surface area contributed by atoms with Crippen LogP contribution in [0.4, 0.5) is 4.39 Å². The number of hydrogen-bond donors (Lipinski definition) is 2. The van der Waals surface area contributed by atoms with E-state index in [1.54, 1.807) is 12.1 Å². The van der Waals surface area contributed by atoms with Crippen LogP contribution in [-0.2, 0) is 11.3 Å². The van der Waals surface area contributed by atoms with Gasteiger partial charge in [-0.05, 0) is 37.1 Å². The van der Waals surface area contributed by atoms with Gasteiger partial charge in [-0.15, -0.1) is 0 Å². The van der Waals surface area contributed by atoms with Crippen molar-refractivity contribution in [2.75, 3.05) is 6.54 Å². The van der Waals surface area contributed by atoms with Crippen LogP contribution in [0.5, 0.6) is 0 Å². The first-order chi connectivity index (χ1) is 7.75. The summed E-state index contributed by atoms with van der Waals surface area (Å²) < 4.78 is 12.9. The summed E-state index contributed by atoms with van der Waals surface area (Å²) in [5.41, 5.74) is 0.784. The molecule has 1 aromatic rings. The summed E-state index contributed by atoms with van der Waals surface area (Å²) in [6.07, 6.45) is 1.92. The third-order valence-electron chi connectivity index (χ3n) is 2.73. The number of benzene rings is 1. The highest BCUT2D eigenvalue weighted by atomic mass is 19.1. The second-order valence-electron chi connectivity index (χ2n) is 4.00. The normalized spacial score (nSPS) is 19.7. The topological polar surface area (TPSA) is 41.1 Å². The predicted molar refractivity (Wildman–Crippen MR) is 59.3 cm³/mol. The highest BCUT2D eigenvalue weighted by molar-refractivity contribution is 5.81. The lowest BCUT2D eigenvalue weighted by molar-refractivity contribution is -0.122. The fraction of sp³-hybridized carbons (Fsp3) is 0.417. The van der Waals surface area contributed by atoms with E-state index in [1.807, 2.05) is 0 Å². The molecule has 0 spiro atoms. The average molecular weight is 222 g/mol. The third kappa shape index (κ3) is 2.79. The molecule has 1 fully saturated rings. The van der Waals surface area contributed by atoms with E-state index in [-0.39, 0.29) is 17.8 Å². The van der Waals surface area contributed by atoms with Crippen LogP contribution in [0.25, 0.3) is 0 Å². The maximum atomic E-state index is 12.9. The molecule has 1 unspecified atom stereocenters. The Morgan fingerprint density at radius 1 is 1.56 bits per heavy atom. The maximum Gasteiger partial charge on any atom is 0.237 e. The molecule has 1 aromatic carbocycles. The van der Waals surface area contributed by atoms with Gasteiger partial charge in [-0.25, -0.2) is 4.39 Å². The molecule has 3 nitrogen and oxygen atoms in total. The minimum absolute atomic E-state index is 0.00163. The van der Waals surface area contributed by atoms with E-state index >= 15 is 0 Å². The molecule has 1 amide bonds. The molecule has 0 aliphatic carbocycles. The van der Waals surface area contributed by atoms with Crippen molar-refractivity contribution in [3.8, 4) is 0 Å². The molecule has 4 heteroatoms. The van der Waals surface area contributed by atoms with Crippen LogP contribution in [0, 0.1) is 5.82 Å². The average Bonchev–Trinajstić information content (AvgIpc) is 2.79. The molecule has 0 radical (unpaired) electrons. The smallest absolute Gasteiger partial charge is 0.237 e. The number of rotatable bonds is 3. The molecule has 1 atom stereocenters. The number of carbonyl (C=O) groups is 1. The predicted octanol–water partition coefficient (Wildman–Crippen LogP) is 1.19. The minimum atomic E-state index is -0.272. The summed E-state index contributed by atoms with van der Waals surface area (Å²) in [5.74, 6) is -0.271. The van der Waals surface area contributed by atoms with Crippen LogP contribution < -0.4 is 10.6 Å². The third-order valence-corrected chi connectivity index (χ3v) is 2.73. The highest BCUT2D eigenvalue weighted by Gasteiger charge is 2.21. The van der Waals surface area contributed by atoms with Crippen molar-refractivity contribution < 1.29 is 9.18 Å². The van der Waals surface area contributed by atoms with Crippen LogP contribution >= 0.6 is 0 Å². The molecular formula is C12H15FN2O. The first-order valence-electron chi connectivity index (χ1n) is 5.51.